The molecular formula is C17H20N2O2. The third kappa shape index (κ3) is 2.71. The number of aromatic nitrogens is 1. The topological polar surface area (TPSA) is 62.2 Å². The van der Waals surface area contributed by atoms with Crippen LogP contribution in [0.4, 0.5) is 5.82 Å². The molecule has 1 aromatic carbocycles. The Hall–Kier alpha value is -2.10. The van der Waals surface area contributed by atoms with Crippen LogP contribution in [-0.2, 0) is 0 Å². The summed E-state index contributed by atoms with van der Waals surface area (Å²) in [6, 6.07) is 7.95. The minimum Gasteiger partial charge on any atom is -0.478 e. The number of fused-ring (bicyclic) bond motifs is 1. The number of benzene rings is 1. The summed E-state index contributed by atoms with van der Waals surface area (Å²) >= 11 is 0. The number of hydrogen-bond donors (Lipinski definition) is 2. The molecule has 0 amide bonds. The van der Waals surface area contributed by atoms with E-state index in [1.165, 1.54) is 12.6 Å². The van der Waals surface area contributed by atoms with Crippen molar-refractivity contribution < 1.29 is 9.90 Å². The molecule has 1 aliphatic rings. The monoisotopic (exact) mass is 284 g/mol. The second kappa shape index (κ2) is 5.02. The van der Waals surface area contributed by atoms with Gasteiger partial charge in [0, 0.05) is 23.0 Å². The molecule has 1 heterocycles. The van der Waals surface area contributed by atoms with E-state index in [1.807, 2.05) is 24.3 Å². The van der Waals surface area contributed by atoms with E-state index in [0.717, 1.165) is 29.4 Å². The Balaban J connectivity index is 1.97. The lowest BCUT2D eigenvalue weighted by atomic mass is 9.92. The molecule has 1 fully saturated rings. The lowest BCUT2D eigenvalue weighted by molar-refractivity contribution is 0.0698. The van der Waals surface area contributed by atoms with Crippen LogP contribution in [0.2, 0.25) is 0 Å². The summed E-state index contributed by atoms with van der Waals surface area (Å²) in [4.78, 5) is 15.6. The fourth-order valence-corrected chi connectivity index (χ4v) is 3.23. The van der Waals surface area contributed by atoms with Crippen molar-refractivity contribution in [3.8, 4) is 0 Å². The summed E-state index contributed by atoms with van der Waals surface area (Å²) in [5.41, 5.74) is 0.622. The van der Waals surface area contributed by atoms with E-state index in [9.17, 15) is 9.90 Å². The molecule has 0 bridgehead atoms. The van der Waals surface area contributed by atoms with Crippen LogP contribution < -0.4 is 5.32 Å². The molecule has 1 aromatic heterocycles. The molecule has 0 spiro atoms. The fourth-order valence-electron chi connectivity index (χ4n) is 3.23. The molecule has 0 aliphatic heterocycles. The van der Waals surface area contributed by atoms with E-state index >= 15 is 0 Å². The number of hydrogen-bond acceptors (Lipinski definition) is 3. The van der Waals surface area contributed by atoms with Crippen molar-refractivity contribution in [2.75, 3.05) is 5.32 Å². The summed E-state index contributed by atoms with van der Waals surface area (Å²) in [5.74, 6) is -0.148. The smallest absolute Gasteiger partial charge is 0.337 e. The maximum atomic E-state index is 11.3. The summed E-state index contributed by atoms with van der Waals surface area (Å²) in [5, 5.41) is 14.4. The Labute approximate surface area is 124 Å². The maximum Gasteiger partial charge on any atom is 0.337 e. The largest absolute Gasteiger partial charge is 0.478 e. The van der Waals surface area contributed by atoms with Crippen LogP contribution in [0, 0.1) is 5.41 Å². The summed E-state index contributed by atoms with van der Waals surface area (Å²) in [6.07, 6.45) is 4.90. The Bertz CT molecular complexity index is 694. The lowest BCUT2D eigenvalue weighted by Gasteiger charge is -2.19. The van der Waals surface area contributed by atoms with Gasteiger partial charge < -0.3 is 10.4 Å². The molecule has 1 saturated carbocycles. The molecule has 0 saturated heterocycles. The molecule has 4 heteroatoms. The van der Waals surface area contributed by atoms with E-state index in [0.29, 0.717) is 11.5 Å². The van der Waals surface area contributed by atoms with Gasteiger partial charge in [-0.15, -0.1) is 0 Å². The Morgan fingerprint density at radius 1 is 1.33 bits per heavy atom. The fraction of sp³-hybridized carbons (Fsp3) is 0.412. The zero-order chi connectivity index (χ0) is 15.0. The first kappa shape index (κ1) is 13.9. The molecule has 21 heavy (non-hydrogen) atoms. The molecule has 1 aliphatic carbocycles. The van der Waals surface area contributed by atoms with Crippen molar-refractivity contribution in [2.45, 2.75) is 39.2 Å². The molecule has 2 N–H and O–H groups in total. The summed E-state index contributed by atoms with van der Waals surface area (Å²) < 4.78 is 0. The van der Waals surface area contributed by atoms with Gasteiger partial charge in [-0.1, -0.05) is 38.1 Å². The number of anilines is 1. The SMILES string of the molecule is CC1(C)CCC(Nc2ncc(C(=O)O)c3ccccc23)C1. The molecule has 1 atom stereocenters. The van der Waals surface area contributed by atoms with Gasteiger partial charge in [-0.25, -0.2) is 9.78 Å². The Morgan fingerprint density at radius 2 is 2.05 bits per heavy atom. The van der Waals surface area contributed by atoms with Gasteiger partial charge in [0.1, 0.15) is 5.82 Å². The van der Waals surface area contributed by atoms with Crippen molar-refractivity contribution in [1.29, 1.82) is 0 Å². The van der Waals surface area contributed by atoms with Crippen LogP contribution in [0.15, 0.2) is 30.5 Å². The first-order chi connectivity index (χ1) is 9.96. The van der Waals surface area contributed by atoms with Crippen LogP contribution in [0.1, 0.15) is 43.5 Å². The first-order valence-electron chi connectivity index (χ1n) is 7.34. The molecule has 2 aromatic rings. The average molecular weight is 284 g/mol. The van der Waals surface area contributed by atoms with Crippen LogP contribution >= 0.6 is 0 Å². The third-order valence-electron chi connectivity index (χ3n) is 4.33. The molecule has 110 valence electrons. The van der Waals surface area contributed by atoms with Crippen molar-refractivity contribution in [1.82, 2.24) is 4.98 Å². The van der Waals surface area contributed by atoms with Gasteiger partial charge in [0.15, 0.2) is 0 Å². The van der Waals surface area contributed by atoms with Crippen molar-refractivity contribution in [3.63, 3.8) is 0 Å². The number of carboxylic acids is 1. The minimum atomic E-state index is -0.938. The number of aromatic carboxylic acids is 1. The second-order valence-electron chi connectivity index (χ2n) is 6.62. The normalized spacial score (nSPS) is 20.6. The zero-order valence-corrected chi connectivity index (χ0v) is 12.4. The standard InChI is InChI=1S/C17H20N2O2/c1-17(2)8-7-11(9-17)19-15-13-6-4-3-5-12(13)14(10-18-15)16(20)21/h3-6,10-11H,7-9H2,1-2H3,(H,18,19)(H,20,21). The molecule has 3 rings (SSSR count). The second-order valence-corrected chi connectivity index (χ2v) is 6.62. The lowest BCUT2D eigenvalue weighted by Crippen LogP contribution is -2.18. The quantitative estimate of drug-likeness (QED) is 0.896. The van der Waals surface area contributed by atoms with Gasteiger partial charge in [-0.2, -0.15) is 0 Å². The van der Waals surface area contributed by atoms with Gasteiger partial charge in [0.2, 0.25) is 0 Å². The van der Waals surface area contributed by atoms with E-state index in [2.05, 4.69) is 24.1 Å². The molecule has 0 radical (unpaired) electrons. The van der Waals surface area contributed by atoms with E-state index in [-0.39, 0.29) is 5.56 Å². The number of pyridine rings is 1. The predicted molar refractivity (Wildman–Crippen MR) is 83.7 cm³/mol. The van der Waals surface area contributed by atoms with Crippen LogP contribution in [0.25, 0.3) is 10.8 Å². The van der Waals surface area contributed by atoms with Crippen LogP contribution in [0.5, 0.6) is 0 Å². The first-order valence-corrected chi connectivity index (χ1v) is 7.34. The van der Waals surface area contributed by atoms with E-state index in [1.54, 1.807) is 0 Å². The zero-order valence-electron chi connectivity index (χ0n) is 12.4. The highest BCUT2D eigenvalue weighted by Gasteiger charge is 2.31. The van der Waals surface area contributed by atoms with E-state index < -0.39 is 5.97 Å². The van der Waals surface area contributed by atoms with Crippen LogP contribution in [-0.4, -0.2) is 22.1 Å². The average Bonchev–Trinajstić information content (AvgIpc) is 2.78. The van der Waals surface area contributed by atoms with Gasteiger partial charge in [0.05, 0.1) is 5.56 Å². The number of nitrogens with one attached hydrogen (secondary N) is 1. The van der Waals surface area contributed by atoms with Crippen molar-refractivity contribution in [2.24, 2.45) is 5.41 Å². The van der Waals surface area contributed by atoms with Gasteiger partial charge in [-0.3, -0.25) is 0 Å². The number of rotatable bonds is 3. The van der Waals surface area contributed by atoms with Gasteiger partial charge >= 0.3 is 5.97 Å². The van der Waals surface area contributed by atoms with Gasteiger partial charge in [-0.05, 0) is 24.7 Å². The summed E-state index contributed by atoms with van der Waals surface area (Å²) in [7, 11) is 0. The highest BCUT2D eigenvalue weighted by Crippen LogP contribution is 2.38. The molecule has 1 unspecified atom stereocenters. The highest BCUT2D eigenvalue weighted by molar-refractivity contribution is 6.06. The van der Waals surface area contributed by atoms with Crippen LogP contribution in [0.3, 0.4) is 0 Å². The minimum absolute atomic E-state index is 0.253. The third-order valence-corrected chi connectivity index (χ3v) is 4.33. The van der Waals surface area contributed by atoms with Crippen molar-refractivity contribution in [3.05, 3.63) is 36.0 Å². The van der Waals surface area contributed by atoms with Gasteiger partial charge in [0.25, 0.3) is 0 Å². The number of nitrogens with zero attached hydrogens (tertiary/aromatic N) is 1. The van der Waals surface area contributed by atoms with E-state index in [4.69, 9.17) is 0 Å². The highest BCUT2D eigenvalue weighted by atomic mass is 16.4. The van der Waals surface area contributed by atoms with Crippen molar-refractivity contribution >= 4 is 22.6 Å². The molecular weight excluding hydrogens is 264 g/mol. The Kier molecular flexibility index (Phi) is 3.32. The number of carboxylic acid groups (broad SMARTS) is 1. The maximum absolute atomic E-state index is 11.3. The Morgan fingerprint density at radius 3 is 2.67 bits per heavy atom. The summed E-state index contributed by atoms with van der Waals surface area (Å²) in [6.45, 7) is 4.57. The predicted octanol–water partition coefficient (Wildman–Crippen LogP) is 3.92. The molecule has 4 nitrogen and oxygen atoms in total. The number of carbonyl (C=O) groups is 1.